The summed E-state index contributed by atoms with van der Waals surface area (Å²) in [4.78, 5) is 10.4. The van der Waals surface area contributed by atoms with Gasteiger partial charge in [0, 0.05) is 24.4 Å². The van der Waals surface area contributed by atoms with Crippen LogP contribution in [0.5, 0.6) is 11.5 Å². The summed E-state index contributed by atoms with van der Waals surface area (Å²) in [5.74, 6) is 1.04. The molecule has 21 heavy (non-hydrogen) atoms. The van der Waals surface area contributed by atoms with Gasteiger partial charge in [0.25, 0.3) is 0 Å². The molecule has 6 nitrogen and oxygen atoms in total. The summed E-state index contributed by atoms with van der Waals surface area (Å²) in [5, 5.41) is 14.0. The van der Waals surface area contributed by atoms with Gasteiger partial charge in [0.2, 0.25) is 0 Å². The van der Waals surface area contributed by atoms with Crippen molar-refractivity contribution in [3.05, 3.63) is 58.1 Å². The Hall–Kier alpha value is -2.76. The molecule has 0 bridgehead atoms. The van der Waals surface area contributed by atoms with Crippen LogP contribution in [0, 0.1) is 10.1 Å². The monoisotopic (exact) mass is 288 g/mol. The Labute approximate surface area is 122 Å². The molecule has 0 atom stereocenters. The van der Waals surface area contributed by atoms with E-state index in [-0.39, 0.29) is 11.4 Å². The van der Waals surface area contributed by atoms with Gasteiger partial charge in [-0.2, -0.15) is 0 Å². The molecule has 0 fully saturated rings. The highest BCUT2D eigenvalue weighted by atomic mass is 16.6. The Bertz CT molecular complexity index is 626. The number of rotatable bonds is 6. The van der Waals surface area contributed by atoms with Crippen molar-refractivity contribution in [1.82, 2.24) is 0 Å². The minimum atomic E-state index is -0.466. The van der Waals surface area contributed by atoms with Crippen LogP contribution in [0.1, 0.15) is 5.56 Å². The first-order valence-electron chi connectivity index (χ1n) is 6.33. The first-order valence-corrected chi connectivity index (χ1v) is 6.33. The van der Waals surface area contributed by atoms with E-state index in [2.05, 4.69) is 5.32 Å². The quantitative estimate of drug-likeness (QED) is 0.652. The highest BCUT2D eigenvalue weighted by Gasteiger charge is 2.14. The summed E-state index contributed by atoms with van der Waals surface area (Å²) in [6.45, 7) is 0.602. The number of hydrogen-bond donors (Lipinski definition) is 1. The summed E-state index contributed by atoms with van der Waals surface area (Å²) in [6.07, 6.45) is 0. The van der Waals surface area contributed by atoms with Gasteiger partial charge in [-0.05, 0) is 23.8 Å². The molecule has 0 saturated heterocycles. The Balaban J connectivity index is 2.07. The van der Waals surface area contributed by atoms with Crippen molar-refractivity contribution < 1.29 is 14.4 Å². The molecule has 0 saturated carbocycles. The van der Waals surface area contributed by atoms with Crippen molar-refractivity contribution in [3.63, 3.8) is 0 Å². The van der Waals surface area contributed by atoms with Crippen LogP contribution < -0.4 is 14.8 Å². The molecule has 110 valence electrons. The maximum atomic E-state index is 10.8. The molecule has 0 radical (unpaired) electrons. The van der Waals surface area contributed by atoms with Crippen LogP contribution in [0.2, 0.25) is 0 Å². The van der Waals surface area contributed by atoms with Crippen LogP contribution in [0.25, 0.3) is 0 Å². The number of ether oxygens (including phenoxy) is 2. The Kier molecular flexibility index (Phi) is 4.61. The van der Waals surface area contributed by atoms with Crippen molar-refractivity contribution in [2.75, 3.05) is 19.5 Å². The SMILES string of the molecule is COc1ccc(CNc2ccc([N+](=O)[O-])c(OC)c2)cc1. The van der Waals surface area contributed by atoms with E-state index in [1.54, 1.807) is 19.2 Å². The van der Waals surface area contributed by atoms with E-state index in [1.807, 2.05) is 24.3 Å². The van der Waals surface area contributed by atoms with Gasteiger partial charge in [0.15, 0.2) is 5.75 Å². The summed E-state index contributed by atoms with van der Waals surface area (Å²) in [7, 11) is 3.03. The summed E-state index contributed by atoms with van der Waals surface area (Å²) < 4.78 is 10.1. The fourth-order valence-electron chi connectivity index (χ4n) is 1.89. The summed E-state index contributed by atoms with van der Waals surface area (Å²) in [5.41, 5.74) is 1.79. The largest absolute Gasteiger partial charge is 0.497 e. The number of benzene rings is 2. The normalized spacial score (nSPS) is 10.0. The standard InChI is InChI=1S/C15H16N2O4/c1-20-13-6-3-11(4-7-13)10-16-12-5-8-14(17(18)19)15(9-12)21-2/h3-9,16H,10H2,1-2H3. The van der Waals surface area contributed by atoms with Gasteiger partial charge in [-0.1, -0.05) is 12.1 Å². The topological polar surface area (TPSA) is 73.6 Å². The highest BCUT2D eigenvalue weighted by Crippen LogP contribution is 2.29. The van der Waals surface area contributed by atoms with Crippen LogP contribution in [-0.2, 0) is 6.54 Å². The smallest absolute Gasteiger partial charge is 0.311 e. The zero-order chi connectivity index (χ0) is 15.2. The zero-order valence-corrected chi connectivity index (χ0v) is 11.8. The number of nitrogens with zero attached hydrogens (tertiary/aromatic N) is 1. The van der Waals surface area contributed by atoms with Gasteiger partial charge in [0.05, 0.1) is 19.1 Å². The number of anilines is 1. The number of nitro groups is 1. The second-order valence-corrected chi connectivity index (χ2v) is 4.35. The summed E-state index contributed by atoms with van der Waals surface area (Å²) >= 11 is 0. The second kappa shape index (κ2) is 6.60. The lowest BCUT2D eigenvalue weighted by atomic mass is 10.2. The highest BCUT2D eigenvalue weighted by molar-refractivity contribution is 5.58. The molecule has 0 spiro atoms. The molecule has 6 heteroatoms. The molecule has 2 rings (SSSR count). The van der Waals surface area contributed by atoms with Crippen LogP contribution in [-0.4, -0.2) is 19.1 Å². The minimum Gasteiger partial charge on any atom is -0.497 e. The van der Waals surface area contributed by atoms with Crippen LogP contribution in [0.3, 0.4) is 0 Å². The van der Waals surface area contributed by atoms with E-state index < -0.39 is 4.92 Å². The maximum Gasteiger partial charge on any atom is 0.311 e. The first kappa shape index (κ1) is 14.6. The minimum absolute atomic E-state index is 0.0486. The molecule has 0 heterocycles. The molecule has 0 unspecified atom stereocenters. The Morgan fingerprint density at radius 3 is 2.38 bits per heavy atom. The number of methoxy groups -OCH3 is 2. The lowest BCUT2D eigenvalue weighted by molar-refractivity contribution is -0.385. The van der Waals surface area contributed by atoms with Crippen molar-refractivity contribution in [3.8, 4) is 11.5 Å². The van der Waals surface area contributed by atoms with Gasteiger partial charge in [-0.25, -0.2) is 0 Å². The lowest BCUT2D eigenvalue weighted by Gasteiger charge is -2.09. The van der Waals surface area contributed by atoms with Crippen molar-refractivity contribution in [1.29, 1.82) is 0 Å². The molecule has 2 aromatic carbocycles. The molecule has 0 aliphatic carbocycles. The third-order valence-corrected chi connectivity index (χ3v) is 3.03. The van der Waals surface area contributed by atoms with Crippen molar-refractivity contribution in [2.24, 2.45) is 0 Å². The first-order chi connectivity index (χ1) is 10.1. The van der Waals surface area contributed by atoms with Crippen LogP contribution in [0.4, 0.5) is 11.4 Å². The van der Waals surface area contributed by atoms with Gasteiger partial charge >= 0.3 is 5.69 Å². The molecule has 2 aromatic rings. The fraction of sp³-hybridized carbons (Fsp3) is 0.200. The van der Waals surface area contributed by atoms with E-state index in [0.29, 0.717) is 6.54 Å². The molecule has 0 amide bonds. The van der Waals surface area contributed by atoms with E-state index in [1.165, 1.54) is 13.2 Å². The molecule has 0 aliphatic heterocycles. The van der Waals surface area contributed by atoms with Crippen molar-refractivity contribution >= 4 is 11.4 Å². The molecular weight excluding hydrogens is 272 g/mol. The molecule has 1 N–H and O–H groups in total. The second-order valence-electron chi connectivity index (χ2n) is 4.35. The average molecular weight is 288 g/mol. The van der Waals surface area contributed by atoms with Gasteiger partial charge < -0.3 is 14.8 Å². The van der Waals surface area contributed by atoms with Crippen LogP contribution in [0.15, 0.2) is 42.5 Å². The van der Waals surface area contributed by atoms with E-state index in [9.17, 15) is 10.1 Å². The van der Waals surface area contributed by atoms with E-state index >= 15 is 0 Å². The van der Waals surface area contributed by atoms with Crippen LogP contribution >= 0.6 is 0 Å². The number of nitrogens with one attached hydrogen (secondary N) is 1. The van der Waals surface area contributed by atoms with E-state index in [4.69, 9.17) is 9.47 Å². The average Bonchev–Trinajstić information content (AvgIpc) is 2.52. The van der Waals surface area contributed by atoms with Crippen molar-refractivity contribution in [2.45, 2.75) is 6.54 Å². The predicted molar refractivity (Wildman–Crippen MR) is 80.0 cm³/mol. The number of hydrogen-bond acceptors (Lipinski definition) is 5. The maximum absolute atomic E-state index is 10.8. The fourth-order valence-corrected chi connectivity index (χ4v) is 1.89. The zero-order valence-electron chi connectivity index (χ0n) is 11.8. The van der Waals surface area contributed by atoms with Gasteiger partial charge in [0.1, 0.15) is 5.75 Å². The number of nitro benzene ring substituents is 1. The Morgan fingerprint density at radius 2 is 1.81 bits per heavy atom. The lowest BCUT2D eigenvalue weighted by Crippen LogP contribution is -2.01. The third-order valence-electron chi connectivity index (χ3n) is 3.03. The predicted octanol–water partition coefficient (Wildman–Crippen LogP) is 3.22. The summed E-state index contributed by atoms with van der Waals surface area (Å²) in [6, 6.07) is 12.4. The van der Waals surface area contributed by atoms with E-state index in [0.717, 1.165) is 17.0 Å². The molecule has 0 aliphatic rings. The van der Waals surface area contributed by atoms with Gasteiger partial charge in [-0.3, -0.25) is 10.1 Å². The molecular formula is C15H16N2O4. The third kappa shape index (κ3) is 3.62. The van der Waals surface area contributed by atoms with Gasteiger partial charge in [-0.15, -0.1) is 0 Å². The Morgan fingerprint density at radius 1 is 1.10 bits per heavy atom. The molecule has 0 aromatic heterocycles.